The first-order chi connectivity index (χ1) is 10.1. The first-order valence-corrected chi connectivity index (χ1v) is 9.28. The molecule has 0 atom stereocenters. The molecule has 0 aliphatic carbocycles. The predicted molar refractivity (Wildman–Crippen MR) is 88.3 cm³/mol. The molecule has 1 aromatic carbocycles. The summed E-state index contributed by atoms with van der Waals surface area (Å²) in [6.07, 6.45) is 0. The molecule has 1 aromatic heterocycles. The number of hydrogen-bond acceptors (Lipinski definition) is 4. The molecule has 114 valence electrons. The third-order valence-electron chi connectivity index (χ3n) is 3.14. The van der Waals surface area contributed by atoms with Crippen molar-refractivity contribution in [2.45, 2.75) is 25.3 Å². The van der Waals surface area contributed by atoms with E-state index in [9.17, 15) is 8.42 Å². The maximum absolute atomic E-state index is 12.9. The van der Waals surface area contributed by atoms with Gasteiger partial charge in [-0.15, -0.1) is 11.3 Å². The Hall–Kier alpha value is -1.37. The van der Waals surface area contributed by atoms with Crippen molar-refractivity contribution in [3.05, 3.63) is 46.7 Å². The fraction of sp³-hybridized carbons (Fsp3) is 0.333. The van der Waals surface area contributed by atoms with Gasteiger partial charge in [-0.3, -0.25) is 4.31 Å². The van der Waals surface area contributed by atoms with Crippen LogP contribution in [-0.2, 0) is 16.6 Å². The highest BCUT2D eigenvalue weighted by Gasteiger charge is 2.26. The van der Waals surface area contributed by atoms with E-state index in [-0.39, 0.29) is 0 Å². The van der Waals surface area contributed by atoms with Crippen LogP contribution in [0.3, 0.4) is 0 Å². The zero-order valence-corrected chi connectivity index (χ0v) is 13.9. The average Bonchev–Trinajstić information content (AvgIpc) is 2.96. The van der Waals surface area contributed by atoms with Gasteiger partial charge in [0.15, 0.2) is 0 Å². The molecule has 2 rings (SSSR count). The number of sulfonamides is 1. The third kappa shape index (κ3) is 3.45. The van der Waals surface area contributed by atoms with Crippen molar-refractivity contribution in [1.29, 1.82) is 0 Å². The molecule has 0 amide bonds. The molecule has 1 heterocycles. The van der Waals surface area contributed by atoms with Crippen molar-refractivity contribution >= 4 is 27.0 Å². The van der Waals surface area contributed by atoms with Crippen LogP contribution < -0.4 is 9.62 Å². The van der Waals surface area contributed by atoms with E-state index in [1.165, 1.54) is 15.6 Å². The Kier molecular flexibility index (Phi) is 5.39. The van der Waals surface area contributed by atoms with Crippen LogP contribution in [0, 0.1) is 0 Å². The Bertz CT molecular complexity index is 666. The largest absolute Gasteiger partial charge is 0.312 e. The molecule has 0 spiro atoms. The Morgan fingerprint density at radius 2 is 1.86 bits per heavy atom. The summed E-state index contributed by atoms with van der Waals surface area (Å²) in [5, 5.41) is 5.02. The van der Waals surface area contributed by atoms with Crippen LogP contribution in [0.25, 0.3) is 0 Å². The summed E-state index contributed by atoms with van der Waals surface area (Å²) in [7, 11) is -3.52. The Morgan fingerprint density at radius 3 is 2.48 bits per heavy atom. The van der Waals surface area contributed by atoms with Crippen LogP contribution in [-0.4, -0.2) is 21.5 Å². The standard InChI is InChI=1S/C15H20N2O2S2/c1-3-16-12-14-15(10-11-20-14)21(18,19)17(4-2)13-8-6-5-7-9-13/h5-11,16H,3-4,12H2,1-2H3. The summed E-state index contributed by atoms with van der Waals surface area (Å²) in [6.45, 7) is 5.65. The van der Waals surface area contributed by atoms with Crippen LogP contribution in [0.4, 0.5) is 5.69 Å². The highest BCUT2D eigenvalue weighted by atomic mass is 32.2. The van der Waals surface area contributed by atoms with Crippen molar-refractivity contribution in [2.24, 2.45) is 0 Å². The molecule has 2 aromatic rings. The molecule has 4 nitrogen and oxygen atoms in total. The molecule has 0 unspecified atom stereocenters. The van der Waals surface area contributed by atoms with E-state index in [2.05, 4.69) is 5.32 Å². The molecule has 1 N–H and O–H groups in total. The van der Waals surface area contributed by atoms with E-state index in [0.29, 0.717) is 23.7 Å². The molecule has 0 aliphatic rings. The van der Waals surface area contributed by atoms with E-state index in [1.54, 1.807) is 6.07 Å². The molecule has 0 aliphatic heterocycles. The van der Waals surface area contributed by atoms with Crippen molar-refractivity contribution in [1.82, 2.24) is 5.32 Å². The van der Waals surface area contributed by atoms with Gasteiger partial charge < -0.3 is 5.32 Å². The second-order valence-corrected chi connectivity index (χ2v) is 7.33. The zero-order chi connectivity index (χ0) is 15.3. The van der Waals surface area contributed by atoms with E-state index >= 15 is 0 Å². The summed E-state index contributed by atoms with van der Waals surface area (Å²) < 4.78 is 27.3. The van der Waals surface area contributed by atoms with E-state index in [1.807, 2.05) is 49.6 Å². The van der Waals surface area contributed by atoms with E-state index in [4.69, 9.17) is 0 Å². The van der Waals surface area contributed by atoms with Crippen molar-refractivity contribution < 1.29 is 8.42 Å². The normalized spacial score (nSPS) is 11.5. The Labute approximate surface area is 130 Å². The van der Waals surface area contributed by atoms with Gasteiger partial charge in [0.25, 0.3) is 10.0 Å². The first-order valence-electron chi connectivity index (χ1n) is 6.96. The number of para-hydroxylation sites is 1. The SMILES string of the molecule is CCNCc1sccc1S(=O)(=O)N(CC)c1ccccc1. The van der Waals surface area contributed by atoms with Gasteiger partial charge in [-0.1, -0.05) is 25.1 Å². The summed E-state index contributed by atoms with van der Waals surface area (Å²) in [5.74, 6) is 0. The van der Waals surface area contributed by atoms with Crippen LogP contribution in [0.5, 0.6) is 0 Å². The maximum Gasteiger partial charge on any atom is 0.265 e. The van der Waals surface area contributed by atoms with Gasteiger partial charge >= 0.3 is 0 Å². The van der Waals surface area contributed by atoms with Crippen LogP contribution in [0.1, 0.15) is 18.7 Å². The van der Waals surface area contributed by atoms with Crippen LogP contribution in [0.2, 0.25) is 0 Å². The Morgan fingerprint density at radius 1 is 1.14 bits per heavy atom. The van der Waals surface area contributed by atoms with Gasteiger partial charge in [-0.2, -0.15) is 0 Å². The second kappa shape index (κ2) is 7.06. The maximum atomic E-state index is 12.9. The van der Waals surface area contributed by atoms with Crippen LogP contribution >= 0.6 is 11.3 Å². The highest BCUT2D eigenvalue weighted by molar-refractivity contribution is 7.93. The molecular weight excluding hydrogens is 304 g/mol. The lowest BCUT2D eigenvalue weighted by Crippen LogP contribution is -2.31. The quantitative estimate of drug-likeness (QED) is 0.851. The topological polar surface area (TPSA) is 49.4 Å². The lowest BCUT2D eigenvalue weighted by Gasteiger charge is -2.23. The summed E-state index contributed by atoms with van der Waals surface area (Å²) in [5.41, 5.74) is 0.695. The first kappa shape index (κ1) is 16.0. The van der Waals surface area contributed by atoms with E-state index < -0.39 is 10.0 Å². The van der Waals surface area contributed by atoms with Crippen molar-refractivity contribution in [2.75, 3.05) is 17.4 Å². The smallest absolute Gasteiger partial charge is 0.265 e. The van der Waals surface area contributed by atoms with E-state index in [0.717, 1.165) is 11.4 Å². The molecule has 0 fully saturated rings. The van der Waals surface area contributed by atoms with Crippen molar-refractivity contribution in [3.63, 3.8) is 0 Å². The Balaban J connectivity index is 2.39. The number of nitrogens with zero attached hydrogens (tertiary/aromatic N) is 1. The van der Waals surface area contributed by atoms with Gasteiger partial charge in [-0.05, 0) is 37.0 Å². The molecule has 21 heavy (non-hydrogen) atoms. The molecule has 0 bridgehead atoms. The van der Waals surface area contributed by atoms with Gasteiger partial charge in [0.2, 0.25) is 0 Å². The minimum absolute atomic E-state index is 0.402. The minimum atomic E-state index is -3.52. The summed E-state index contributed by atoms with van der Waals surface area (Å²) in [6, 6.07) is 10.9. The number of thiophene rings is 1. The summed E-state index contributed by atoms with van der Waals surface area (Å²) in [4.78, 5) is 1.25. The number of hydrogen-bond donors (Lipinski definition) is 1. The predicted octanol–water partition coefficient (Wildman–Crippen LogP) is 3.07. The molecule has 0 saturated carbocycles. The molecule has 0 radical (unpaired) electrons. The van der Waals surface area contributed by atoms with Gasteiger partial charge in [0.05, 0.1) is 5.69 Å². The number of nitrogens with one attached hydrogen (secondary N) is 1. The fourth-order valence-corrected chi connectivity index (χ4v) is 4.99. The zero-order valence-electron chi connectivity index (χ0n) is 12.2. The lowest BCUT2D eigenvalue weighted by molar-refractivity contribution is 0.590. The highest BCUT2D eigenvalue weighted by Crippen LogP contribution is 2.28. The lowest BCUT2D eigenvalue weighted by atomic mass is 10.3. The number of benzene rings is 1. The van der Waals surface area contributed by atoms with Gasteiger partial charge in [0, 0.05) is 18.0 Å². The van der Waals surface area contributed by atoms with Crippen LogP contribution in [0.15, 0.2) is 46.7 Å². The average molecular weight is 324 g/mol. The number of rotatable bonds is 7. The third-order valence-corrected chi connectivity index (χ3v) is 6.18. The second-order valence-electron chi connectivity index (χ2n) is 4.49. The fourth-order valence-electron chi connectivity index (χ4n) is 2.13. The molecule has 0 saturated heterocycles. The van der Waals surface area contributed by atoms with Gasteiger partial charge in [-0.25, -0.2) is 8.42 Å². The number of anilines is 1. The van der Waals surface area contributed by atoms with Crippen molar-refractivity contribution in [3.8, 4) is 0 Å². The minimum Gasteiger partial charge on any atom is -0.312 e. The van der Waals surface area contributed by atoms with Gasteiger partial charge in [0.1, 0.15) is 4.90 Å². The summed E-state index contributed by atoms with van der Waals surface area (Å²) >= 11 is 1.47. The molecular formula is C15H20N2O2S2. The monoisotopic (exact) mass is 324 g/mol. The molecule has 6 heteroatoms.